The molecule has 1 amide bonds. The first-order chi connectivity index (χ1) is 13.2. The van der Waals surface area contributed by atoms with Gasteiger partial charge in [0.15, 0.2) is 11.5 Å². The molecule has 0 aromatic heterocycles. The van der Waals surface area contributed by atoms with Gasteiger partial charge in [-0.15, -0.1) is 6.42 Å². The van der Waals surface area contributed by atoms with E-state index in [-0.39, 0.29) is 11.9 Å². The molecular weight excluding hydrogens is 354 g/mol. The van der Waals surface area contributed by atoms with Crippen LogP contribution >= 0.6 is 0 Å². The van der Waals surface area contributed by atoms with Gasteiger partial charge in [0.05, 0.1) is 7.11 Å². The molecule has 1 spiro atoms. The van der Waals surface area contributed by atoms with E-state index in [0.717, 1.165) is 5.56 Å². The van der Waals surface area contributed by atoms with Gasteiger partial charge in [0.2, 0.25) is 0 Å². The molecule has 1 aromatic carbocycles. The minimum atomic E-state index is -1.11. The van der Waals surface area contributed by atoms with Crippen molar-refractivity contribution in [1.82, 2.24) is 4.90 Å². The Balaban J connectivity index is 2.21. The number of guanidine groups is 1. The number of hydrogen-bond acceptors (Lipinski definition) is 5. The molecular formula is C22H25N3O3. The first kappa shape index (κ1) is 19.6. The Hall–Kier alpha value is -3.20. The van der Waals surface area contributed by atoms with Crippen molar-refractivity contribution in [2.45, 2.75) is 38.3 Å². The summed E-state index contributed by atoms with van der Waals surface area (Å²) in [6.45, 7) is 5.74. The molecule has 2 aliphatic heterocycles. The first-order valence-electron chi connectivity index (χ1n) is 9.03. The van der Waals surface area contributed by atoms with Crippen LogP contribution in [0.3, 0.4) is 0 Å². The van der Waals surface area contributed by atoms with Gasteiger partial charge in [0, 0.05) is 24.6 Å². The molecule has 0 bridgehead atoms. The zero-order valence-corrected chi connectivity index (χ0v) is 16.9. The molecule has 0 saturated heterocycles. The number of nitrogens with zero attached hydrogens (tertiary/aromatic N) is 2. The molecule has 2 aliphatic rings. The molecule has 0 saturated carbocycles. The summed E-state index contributed by atoms with van der Waals surface area (Å²) < 4.78 is 11.4. The number of carbonyl (C=O) groups excluding carboxylic acids is 1. The van der Waals surface area contributed by atoms with Gasteiger partial charge in [0.25, 0.3) is 5.91 Å². The van der Waals surface area contributed by atoms with Gasteiger partial charge in [-0.2, -0.15) is 0 Å². The van der Waals surface area contributed by atoms with E-state index in [2.05, 4.69) is 10.9 Å². The molecule has 1 atom stereocenters. The lowest BCUT2D eigenvalue weighted by molar-refractivity contribution is -0.133. The Labute approximate surface area is 165 Å². The van der Waals surface area contributed by atoms with Crippen molar-refractivity contribution in [1.29, 1.82) is 0 Å². The number of nitrogens with two attached hydrogens (primary N) is 1. The van der Waals surface area contributed by atoms with E-state index in [1.165, 1.54) is 4.90 Å². The van der Waals surface area contributed by atoms with Crippen molar-refractivity contribution in [2.24, 2.45) is 10.7 Å². The summed E-state index contributed by atoms with van der Waals surface area (Å²) >= 11 is 0. The third-order valence-corrected chi connectivity index (χ3v) is 5.07. The molecule has 6 nitrogen and oxygen atoms in total. The topological polar surface area (TPSA) is 77.2 Å². The number of carbonyl (C=O) groups is 1. The Bertz CT molecular complexity index is 966. The maximum absolute atomic E-state index is 13.2. The Morgan fingerprint density at radius 3 is 2.71 bits per heavy atom. The van der Waals surface area contributed by atoms with Crippen LogP contribution in [0.5, 0.6) is 5.75 Å². The van der Waals surface area contributed by atoms with Crippen LogP contribution in [0.15, 0.2) is 41.1 Å². The minimum Gasteiger partial charge on any atom is -0.497 e. The van der Waals surface area contributed by atoms with Crippen LogP contribution in [-0.4, -0.2) is 36.5 Å². The fourth-order valence-electron chi connectivity index (χ4n) is 3.76. The number of fused-ring (bicyclic) bond motifs is 2. The summed E-state index contributed by atoms with van der Waals surface area (Å²) in [4.78, 5) is 19.1. The molecule has 2 heterocycles. The lowest BCUT2D eigenvalue weighted by Gasteiger charge is -2.41. The second kappa shape index (κ2) is 6.75. The van der Waals surface area contributed by atoms with Crippen molar-refractivity contribution in [2.75, 3.05) is 14.2 Å². The molecule has 2 N–H and O–H groups in total. The molecule has 28 heavy (non-hydrogen) atoms. The maximum atomic E-state index is 13.2. The van der Waals surface area contributed by atoms with Crippen molar-refractivity contribution in [3.05, 3.63) is 47.2 Å². The van der Waals surface area contributed by atoms with Crippen LogP contribution in [0.4, 0.5) is 0 Å². The highest BCUT2D eigenvalue weighted by Gasteiger charge is 2.55. The first-order valence-corrected chi connectivity index (χ1v) is 9.03. The van der Waals surface area contributed by atoms with Crippen molar-refractivity contribution in [3.8, 4) is 18.1 Å². The number of aliphatic imine (C=N–C) groups is 1. The van der Waals surface area contributed by atoms with Crippen molar-refractivity contribution in [3.63, 3.8) is 0 Å². The summed E-state index contributed by atoms with van der Waals surface area (Å²) in [6.07, 6.45) is 9.73. The zero-order chi connectivity index (χ0) is 20.7. The van der Waals surface area contributed by atoms with Crippen LogP contribution < -0.4 is 10.5 Å². The van der Waals surface area contributed by atoms with E-state index < -0.39 is 11.1 Å². The second-order valence-electron chi connectivity index (χ2n) is 7.54. The van der Waals surface area contributed by atoms with Gasteiger partial charge in [0.1, 0.15) is 17.1 Å². The van der Waals surface area contributed by atoms with Gasteiger partial charge < -0.3 is 15.2 Å². The van der Waals surface area contributed by atoms with E-state index in [4.69, 9.17) is 21.6 Å². The number of methoxy groups -OCH3 is 1. The standard InChI is InChI=1S/C22H25N3O3/c1-7-14(11-16(8-2)27-6)15-9-10-18-17(12-15)22(13-21(3,4)28-18)19(26)25(5)20(23)24-22/h1,8-12H,13H2,2-6H3,(H2,23,24)/b14-11+,16-8+. The third-order valence-electron chi connectivity index (χ3n) is 5.07. The zero-order valence-electron chi connectivity index (χ0n) is 16.9. The summed E-state index contributed by atoms with van der Waals surface area (Å²) in [5, 5.41) is 0. The fraction of sp³-hybridized carbons (Fsp3) is 0.364. The van der Waals surface area contributed by atoms with Gasteiger partial charge in [-0.05, 0) is 50.6 Å². The maximum Gasteiger partial charge on any atom is 0.261 e. The van der Waals surface area contributed by atoms with Gasteiger partial charge in [-0.25, -0.2) is 4.99 Å². The van der Waals surface area contributed by atoms with Crippen LogP contribution in [0, 0.1) is 12.3 Å². The highest BCUT2D eigenvalue weighted by atomic mass is 16.5. The monoisotopic (exact) mass is 379 g/mol. The molecule has 1 aromatic rings. The Morgan fingerprint density at radius 2 is 2.18 bits per heavy atom. The average molecular weight is 379 g/mol. The van der Waals surface area contributed by atoms with E-state index in [9.17, 15) is 4.79 Å². The smallest absolute Gasteiger partial charge is 0.261 e. The van der Waals surface area contributed by atoms with E-state index >= 15 is 0 Å². The summed E-state index contributed by atoms with van der Waals surface area (Å²) in [6, 6.07) is 5.57. The van der Waals surface area contributed by atoms with Crippen LogP contribution in [0.1, 0.15) is 38.3 Å². The quantitative estimate of drug-likeness (QED) is 0.498. The molecule has 146 valence electrons. The van der Waals surface area contributed by atoms with Gasteiger partial charge >= 0.3 is 0 Å². The average Bonchev–Trinajstić information content (AvgIpc) is 2.86. The highest BCUT2D eigenvalue weighted by Crippen LogP contribution is 2.49. The van der Waals surface area contributed by atoms with E-state index in [1.807, 2.05) is 45.0 Å². The number of amides is 1. The SMILES string of the molecule is C#C/C(=C\C(=C/C)OC)c1ccc2c(c1)C1(CC(C)(C)O2)N=C(N)N(C)C1=O. The number of terminal acetylenes is 1. The Morgan fingerprint density at radius 1 is 1.46 bits per heavy atom. The highest BCUT2D eigenvalue weighted by molar-refractivity contribution is 6.07. The Kier molecular flexibility index (Phi) is 4.72. The van der Waals surface area contributed by atoms with Crippen LogP contribution in [0.2, 0.25) is 0 Å². The van der Waals surface area contributed by atoms with Crippen LogP contribution in [0.25, 0.3) is 5.57 Å². The molecule has 0 radical (unpaired) electrons. The summed E-state index contributed by atoms with van der Waals surface area (Å²) in [5.41, 5.74) is 6.38. The number of hydrogen-bond donors (Lipinski definition) is 1. The predicted octanol–water partition coefficient (Wildman–Crippen LogP) is 2.80. The molecule has 3 rings (SSSR count). The largest absolute Gasteiger partial charge is 0.497 e. The minimum absolute atomic E-state index is 0.169. The number of ether oxygens (including phenoxy) is 2. The molecule has 0 aliphatic carbocycles. The van der Waals surface area contributed by atoms with E-state index in [1.54, 1.807) is 20.2 Å². The lowest BCUT2D eigenvalue weighted by atomic mass is 9.77. The van der Waals surface area contributed by atoms with Crippen molar-refractivity contribution < 1.29 is 14.3 Å². The number of allylic oxidation sites excluding steroid dienone is 3. The molecule has 6 heteroatoms. The summed E-state index contributed by atoms with van der Waals surface area (Å²) in [7, 11) is 3.22. The van der Waals surface area contributed by atoms with Crippen LogP contribution in [-0.2, 0) is 15.1 Å². The predicted molar refractivity (Wildman–Crippen MR) is 109 cm³/mol. The third kappa shape index (κ3) is 3.03. The number of rotatable bonds is 3. The second-order valence-corrected chi connectivity index (χ2v) is 7.54. The lowest BCUT2D eigenvalue weighted by Crippen LogP contribution is -2.49. The number of likely N-dealkylation sites (N-methyl/N-ethyl adjacent to an activating group) is 1. The van der Waals surface area contributed by atoms with Gasteiger partial charge in [-0.3, -0.25) is 9.69 Å². The van der Waals surface area contributed by atoms with E-state index in [0.29, 0.717) is 29.1 Å². The summed E-state index contributed by atoms with van der Waals surface area (Å²) in [5.74, 6) is 3.97. The van der Waals surface area contributed by atoms with Gasteiger partial charge in [-0.1, -0.05) is 12.0 Å². The fourth-order valence-corrected chi connectivity index (χ4v) is 3.76. The van der Waals surface area contributed by atoms with Crippen molar-refractivity contribution >= 4 is 17.4 Å². The molecule has 1 unspecified atom stereocenters. The molecule has 0 fully saturated rings. The normalized spacial score (nSPS) is 23.8. The number of benzene rings is 1.